The second kappa shape index (κ2) is 4.89. The van der Waals surface area contributed by atoms with Crippen molar-refractivity contribution in [1.82, 2.24) is 0 Å². The minimum absolute atomic E-state index is 0.121. The first-order chi connectivity index (χ1) is 9.94. The van der Waals surface area contributed by atoms with Crippen LogP contribution >= 0.6 is 0 Å². The van der Waals surface area contributed by atoms with Gasteiger partial charge in [-0.15, -0.1) is 0 Å². The van der Waals surface area contributed by atoms with Crippen molar-refractivity contribution in [2.75, 3.05) is 11.0 Å². The molecule has 0 spiro atoms. The third-order valence-corrected chi connectivity index (χ3v) is 3.78. The van der Waals surface area contributed by atoms with Crippen molar-refractivity contribution < 1.29 is 17.9 Å². The Labute approximate surface area is 122 Å². The van der Waals surface area contributed by atoms with Crippen LogP contribution in [-0.4, -0.2) is 20.5 Å². The number of carbonyl (C=O) groups is 1. The van der Waals surface area contributed by atoms with Crippen molar-refractivity contribution in [2.24, 2.45) is 0 Å². The van der Waals surface area contributed by atoms with Gasteiger partial charge in [0.05, 0.1) is 17.5 Å². The molecule has 0 bridgehead atoms. The molecule has 1 aliphatic rings. The van der Waals surface area contributed by atoms with Crippen molar-refractivity contribution in [1.29, 1.82) is 0 Å². The maximum Gasteiger partial charge on any atom is 0.229 e. The van der Waals surface area contributed by atoms with Gasteiger partial charge in [0, 0.05) is 17.2 Å². The highest BCUT2D eigenvalue weighted by atomic mass is 32.2. The Morgan fingerprint density at radius 1 is 1.10 bits per heavy atom. The van der Waals surface area contributed by atoms with Crippen LogP contribution in [0.1, 0.15) is 21.5 Å². The summed E-state index contributed by atoms with van der Waals surface area (Å²) in [5.41, 5.74) is 2.23. The molecule has 1 N–H and O–H groups in total. The van der Waals surface area contributed by atoms with Crippen molar-refractivity contribution in [3.05, 3.63) is 59.2 Å². The molecular weight excluding hydrogens is 290 g/mol. The molecule has 0 saturated heterocycles. The molecule has 1 aliphatic heterocycles. The average Bonchev–Trinajstić information content (AvgIpc) is 2.56. The summed E-state index contributed by atoms with van der Waals surface area (Å²) in [7, 11) is -3.37. The van der Waals surface area contributed by atoms with E-state index in [0.29, 0.717) is 22.6 Å². The van der Waals surface area contributed by atoms with E-state index in [9.17, 15) is 13.2 Å². The molecule has 21 heavy (non-hydrogen) atoms. The molecule has 0 fully saturated rings. The van der Waals surface area contributed by atoms with Crippen LogP contribution in [0.5, 0.6) is 5.75 Å². The third-order valence-electron chi connectivity index (χ3n) is 3.17. The third kappa shape index (κ3) is 2.75. The smallest absolute Gasteiger partial charge is 0.229 e. The molecule has 108 valence electrons. The summed E-state index contributed by atoms with van der Waals surface area (Å²) in [4.78, 5) is 12.5. The molecule has 0 aromatic heterocycles. The van der Waals surface area contributed by atoms with Crippen LogP contribution in [0.15, 0.2) is 42.5 Å². The monoisotopic (exact) mass is 303 g/mol. The fourth-order valence-electron chi connectivity index (χ4n) is 2.28. The van der Waals surface area contributed by atoms with Gasteiger partial charge in [-0.25, -0.2) is 8.42 Å². The van der Waals surface area contributed by atoms with Crippen molar-refractivity contribution >= 4 is 21.5 Å². The number of nitrogens with one attached hydrogen (secondary N) is 1. The molecule has 2 aromatic rings. The van der Waals surface area contributed by atoms with Crippen LogP contribution in [0, 0.1) is 0 Å². The predicted octanol–water partition coefficient (Wildman–Crippen LogP) is 2.18. The van der Waals surface area contributed by atoms with Gasteiger partial charge in [-0.05, 0) is 12.1 Å². The number of fused-ring (bicyclic) bond motifs is 2. The number of hydrogen-bond donors (Lipinski definition) is 1. The fraction of sp³-hybridized carbons (Fsp3) is 0.133. The number of ketones is 1. The van der Waals surface area contributed by atoms with E-state index in [1.807, 2.05) is 12.1 Å². The molecule has 1 heterocycles. The molecule has 3 rings (SSSR count). The zero-order valence-corrected chi connectivity index (χ0v) is 12.1. The number of ether oxygens (including phenoxy) is 1. The van der Waals surface area contributed by atoms with Gasteiger partial charge in [0.1, 0.15) is 12.4 Å². The summed E-state index contributed by atoms with van der Waals surface area (Å²) in [5, 5.41) is 0. The van der Waals surface area contributed by atoms with Gasteiger partial charge in [0.15, 0.2) is 5.78 Å². The van der Waals surface area contributed by atoms with Crippen molar-refractivity contribution in [3.8, 4) is 5.75 Å². The van der Waals surface area contributed by atoms with Crippen LogP contribution in [0.4, 0.5) is 5.69 Å². The summed E-state index contributed by atoms with van der Waals surface area (Å²) in [6.45, 7) is 0.275. The standard InChI is InChI=1S/C15H13NO4S/c1-21(18,19)16-11-6-7-13-14(8-11)20-9-10-4-2-3-5-12(10)15(13)17/h2-8,16H,9H2,1H3. The minimum atomic E-state index is -3.37. The molecule has 5 nitrogen and oxygen atoms in total. The summed E-state index contributed by atoms with van der Waals surface area (Å²) in [5.74, 6) is 0.258. The summed E-state index contributed by atoms with van der Waals surface area (Å²) in [6, 6.07) is 11.9. The molecular formula is C15H13NO4S. The molecule has 0 saturated carbocycles. The van der Waals surface area contributed by atoms with Crippen molar-refractivity contribution in [3.63, 3.8) is 0 Å². The van der Waals surface area contributed by atoms with E-state index in [1.165, 1.54) is 6.07 Å². The van der Waals surface area contributed by atoms with Gasteiger partial charge in [-0.1, -0.05) is 24.3 Å². The highest BCUT2D eigenvalue weighted by Gasteiger charge is 2.22. The number of anilines is 1. The molecule has 0 radical (unpaired) electrons. The lowest BCUT2D eigenvalue weighted by Gasteiger charge is -2.09. The topological polar surface area (TPSA) is 72.5 Å². The van der Waals surface area contributed by atoms with Gasteiger partial charge in [-0.2, -0.15) is 0 Å². The number of sulfonamides is 1. The summed E-state index contributed by atoms with van der Waals surface area (Å²) < 4.78 is 30.5. The Hall–Kier alpha value is -2.34. The van der Waals surface area contributed by atoms with Gasteiger partial charge in [-0.3, -0.25) is 9.52 Å². The Balaban J connectivity index is 2.05. The molecule has 0 unspecified atom stereocenters. The summed E-state index contributed by atoms with van der Waals surface area (Å²) >= 11 is 0. The second-order valence-corrected chi connectivity index (χ2v) is 6.61. The Morgan fingerprint density at radius 3 is 2.62 bits per heavy atom. The SMILES string of the molecule is CS(=O)(=O)Nc1ccc2c(c1)OCc1ccccc1C2=O. The highest BCUT2D eigenvalue weighted by molar-refractivity contribution is 7.92. The quantitative estimate of drug-likeness (QED) is 0.923. The molecule has 6 heteroatoms. The zero-order chi connectivity index (χ0) is 15.0. The van der Waals surface area contributed by atoms with Crippen LogP contribution in [0.3, 0.4) is 0 Å². The Bertz CT molecular complexity index is 827. The second-order valence-electron chi connectivity index (χ2n) is 4.86. The predicted molar refractivity (Wildman–Crippen MR) is 79.1 cm³/mol. The lowest BCUT2D eigenvalue weighted by Crippen LogP contribution is -2.10. The number of rotatable bonds is 2. The zero-order valence-electron chi connectivity index (χ0n) is 11.3. The molecule has 0 aliphatic carbocycles. The normalized spacial score (nSPS) is 13.7. The molecule has 2 aromatic carbocycles. The first-order valence-corrected chi connectivity index (χ1v) is 8.20. The Kier molecular flexibility index (Phi) is 3.17. The van der Waals surface area contributed by atoms with E-state index in [2.05, 4.69) is 4.72 Å². The lowest BCUT2D eigenvalue weighted by molar-refractivity contribution is 0.103. The van der Waals surface area contributed by atoms with Gasteiger partial charge < -0.3 is 4.74 Å². The van der Waals surface area contributed by atoms with Gasteiger partial charge >= 0.3 is 0 Å². The van der Waals surface area contributed by atoms with E-state index in [-0.39, 0.29) is 12.4 Å². The van der Waals surface area contributed by atoms with Crippen LogP contribution in [0.2, 0.25) is 0 Å². The van der Waals surface area contributed by atoms with Gasteiger partial charge in [0.25, 0.3) is 0 Å². The Morgan fingerprint density at radius 2 is 1.86 bits per heavy atom. The van der Waals surface area contributed by atoms with Crippen LogP contribution in [0.25, 0.3) is 0 Å². The van der Waals surface area contributed by atoms with Crippen molar-refractivity contribution in [2.45, 2.75) is 6.61 Å². The van der Waals surface area contributed by atoms with Crippen LogP contribution in [-0.2, 0) is 16.6 Å². The molecule has 0 amide bonds. The first kappa shape index (κ1) is 13.6. The van der Waals surface area contributed by atoms with E-state index < -0.39 is 10.0 Å². The number of carbonyl (C=O) groups excluding carboxylic acids is 1. The van der Waals surface area contributed by atoms with E-state index in [4.69, 9.17) is 4.74 Å². The lowest BCUT2D eigenvalue weighted by atomic mass is 9.99. The highest BCUT2D eigenvalue weighted by Crippen LogP contribution is 2.31. The maximum atomic E-state index is 12.5. The first-order valence-electron chi connectivity index (χ1n) is 6.31. The van der Waals surface area contributed by atoms with E-state index in [0.717, 1.165) is 11.8 Å². The maximum absolute atomic E-state index is 12.5. The van der Waals surface area contributed by atoms with Crippen LogP contribution < -0.4 is 9.46 Å². The minimum Gasteiger partial charge on any atom is -0.488 e. The average molecular weight is 303 g/mol. The van der Waals surface area contributed by atoms with Gasteiger partial charge in [0.2, 0.25) is 10.0 Å². The summed E-state index contributed by atoms with van der Waals surface area (Å²) in [6.07, 6.45) is 1.07. The fourth-order valence-corrected chi connectivity index (χ4v) is 2.83. The van der Waals surface area contributed by atoms with E-state index >= 15 is 0 Å². The molecule has 0 atom stereocenters. The van der Waals surface area contributed by atoms with E-state index in [1.54, 1.807) is 24.3 Å². The number of hydrogen-bond acceptors (Lipinski definition) is 4. The largest absolute Gasteiger partial charge is 0.488 e. The number of benzene rings is 2.